The Kier molecular flexibility index (Phi) is 7.16. The van der Waals surface area contributed by atoms with Gasteiger partial charge in [-0.1, -0.05) is 17.7 Å². The molecular formula is C24H27ClN4O5. The van der Waals surface area contributed by atoms with E-state index in [1.807, 2.05) is 13.8 Å². The molecule has 2 atom stereocenters. The molecule has 3 aromatic rings. The van der Waals surface area contributed by atoms with Crippen LogP contribution in [0.15, 0.2) is 35.3 Å². The maximum absolute atomic E-state index is 12.8. The fourth-order valence-electron chi connectivity index (χ4n) is 4.10. The van der Waals surface area contributed by atoms with E-state index < -0.39 is 12.1 Å². The topological polar surface area (TPSA) is 116 Å². The van der Waals surface area contributed by atoms with Crippen molar-refractivity contribution in [2.45, 2.75) is 45.4 Å². The SMILES string of the molecule is CCOC(=O)c1cc(=O)c2ccc(-c3nc(N[C@@H]4CCOC[C@H]4O)ncc3Cl)cc2n1C(C)C. The lowest BCUT2D eigenvalue weighted by Gasteiger charge is -2.28. The van der Waals surface area contributed by atoms with Crippen molar-refractivity contribution in [3.63, 3.8) is 0 Å². The molecule has 1 aromatic carbocycles. The van der Waals surface area contributed by atoms with Gasteiger partial charge in [-0.3, -0.25) is 4.79 Å². The van der Waals surface area contributed by atoms with E-state index in [0.717, 1.165) is 0 Å². The number of esters is 1. The van der Waals surface area contributed by atoms with Crippen molar-refractivity contribution in [1.82, 2.24) is 14.5 Å². The maximum atomic E-state index is 12.8. The van der Waals surface area contributed by atoms with E-state index in [0.29, 0.717) is 46.2 Å². The number of benzene rings is 1. The van der Waals surface area contributed by atoms with Gasteiger partial charge in [-0.15, -0.1) is 0 Å². The second-order valence-electron chi connectivity index (χ2n) is 8.38. The lowest BCUT2D eigenvalue weighted by Crippen LogP contribution is -2.42. The molecule has 0 aliphatic carbocycles. The maximum Gasteiger partial charge on any atom is 0.355 e. The number of fused-ring (bicyclic) bond motifs is 1. The molecule has 9 nitrogen and oxygen atoms in total. The van der Waals surface area contributed by atoms with Crippen LogP contribution >= 0.6 is 11.6 Å². The van der Waals surface area contributed by atoms with Gasteiger partial charge in [0, 0.05) is 29.7 Å². The smallest absolute Gasteiger partial charge is 0.355 e. The lowest BCUT2D eigenvalue weighted by atomic mass is 10.1. The van der Waals surface area contributed by atoms with Crippen LogP contribution in [0.25, 0.3) is 22.2 Å². The highest BCUT2D eigenvalue weighted by atomic mass is 35.5. The second kappa shape index (κ2) is 10.1. The summed E-state index contributed by atoms with van der Waals surface area (Å²) in [6, 6.07) is 6.22. The molecule has 34 heavy (non-hydrogen) atoms. The van der Waals surface area contributed by atoms with Crippen molar-refractivity contribution in [3.8, 4) is 11.3 Å². The van der Waals surface area contributed by atoms with Crippen LogP contribution in [-0.2, 0) is 9.47 Å². The zero-order valence-electron chi connectivity index (χ0n) is 19.2. The van der Waals surface area contributed by atoms with Gasteiger partial charge in [-0.25, -0.2) is 14.8 Å². The fraction of sp³-hybridized carbons (Fsp3) is 0.417. The van der Waals surface area contributed by atoms with Gasteiger partial charge in [0.25, 0.3) is 0 Å². The van der Waals surface area contributed by atoms with Gasteiger partial charge in [0.2, 0.25) is 5.95 Å². The van der Waals surface area contributed by atoms with E-state index in [2.05, 4.69) is 15.3 Å². The van der Waals surface area contributed by atoms with Gasteiger partial charge in [-0.05, 0) is 39.3 Å². The molecule has 1 aliphatic rings. The Labute approximate surface area is 201 Å². The fourth-order valence-corrected chi connectivity index (χ4v) is 4.30. The van der Waals surface area contributed by atoms with Crippen molar-refractivity contribution >= 4 is 34.4 Å². The Hall–Kier alpha value is -3.01. The molecule has 10 heteroatoms. The molecule has 1 saturated heterocycles. The number of nitrogens with zero attached hydrogens (tertiary/aromatic N) is 3. The molecule has 0 bridgehead atoms. The summed E-state index contributed by atoms with van der Waals surface area (Å²) in [7, 11) is 0. The number of nitrogens with one attached hydrogen (secondary N) is 1. The summed E-state index contributed by atoms with van der Waals surface area (Å²) >= 11 is 6.45. The van der Waals surface area contributed by atoms with Crippen LogP contribution in [0.3, 0.4) is 0 Å². The van der Waals surface area contributed by atoms with Gasteiger partial charge in [0.05, 0.1) is 47.8 Å². The zero-order chi connectivity index (χ0) is 24.4. The van der Waals surface area contributed by atoms with Crippen LogP contribution in [0.5, 0.6) is 0 Å². The quantitative estimate of drug-likeness (QED) is 0.509. The average Bonchev–Trinajstić information content (AvgIpc) is 2.81. The highest BCUT2D eigenvalue weighted by Crippen LogP contribution is 2.30. The van der Waals surface area contributed by atoms with Gasteiger partial charge in [0.1, 0.15) is 5.69 Å². The molecular weight excluding hydrogens is 460 g/mol. The first-order chi connectivity index (χ1) is 16.3. The number of halogens is 1. The third-order valence-electron chi connectivity index (χ3n) is 5.71. The van der Waals surface area contributed by atoms with Crippen LogP contribution in [-0.4, -0.2) is 57.6 Å². The van der Waals surface area contributed by atoms with Crippen LogP contribution < -0.4 is 10.7 Å². The molecule has 0 spiro atoms. The summed E-state index contributed by atoms with van der Waals surface area (Å²) in [5.74, 6) is -0.228. The average molecular weight is 487 g/mol. The van der Waals surface area contributed by atoms with Crippen LogP contribution in [0, 0.1) is 0 Å². The minimum absolute atomic E-state index is 0.120. The summed E-state index contributed by atoms with van der Waals surface area (Å²) in [6.45, 7) is 6.57. The minimum Gasteiger partial charge on any atom is -0.461 e. The van der Waals surface area contributed by atoms with Crippen molar-refractivity contribution in [2.75, 3.05) is 25.1 Å². The number of aliphatic hydroxyl groups is 1. The van der Waals surface area contributed by atoms with Gasteiger partial charge >= 0.3 is 5.97 Å². The minimum atomic E-state index is -0.668. The third kappa shape index (κ3) is 4.77. The zero-order valence-corrected chi connectivity index (χ0v) is 20.0. The number of hydrogen-bond donors (Lipinski definition) is 2. The highest BCUT2D eigenvalue weighted by molar-refractivity contribution is 6.33. The highest BCUT2D eigenvalue weighted by Gasteiger charge is 2.25. The van der Waals surface area contributed by atoms with E-state index in [1.165, 1.54) is 12.3 Å². The van der Waals surface area contributed by atoms with Gasteiger partial charge < -0.3 is 24.5 Å². The Balaban J connectivity index is 1.81. The van der Waals surface area contributed by atoms with Gasteiger partial charge in [-0.2, -0.15) is 0 Å². The van der Waals surface area contributed by atoms with E-state index in [1.54, 1.807) is 29.7 Å². The largest absolute Gasteiger partial charge is 0.461 e. The van der Waals surface area contributed by atoms with Gasteiger partial charge in [0.15, 0.2) is 5.43 Å². The molecule has 2 N–H and O–H groups in total. The number of pyridine rings is 1. The van der Waals surface area contributed by atoms with E-state index in [-0.39, 0.29) is 36.4 Å². The number of anilines is 1. The molecule has 0 unspecified atom stereocenters. The Morgan fingerprint density at radius 3 is 2.88 bits per heavy atom. The number of carbonyl (C=O) groups excluding carboxylic acids is 1. The molecule has 1 fully saturated rings. The summed E-state index contributed by atoms with van der Waals surface area (Å²) in [6.07, 6.45) is 1.45. The molecule has 180 valence electrons. The third-order valence-corrected chi connectivity index (χ3v) is 5.99. The number of rotatable bonds is 6. The molecule has 0 saturated carbocycles. The molecule has 3 heterocycles. The number of hydrogen-bond acceptors (Lipinski definition) is 8. The van der Waals surface area contributed by atoms with E-state index >= 15 is 0 Å². The lowest BCUT2D eigenvalue weighted by molar-refractivity contribution is -0.0136. The van der Waals surface area contributed by atoms with Crippen molar-refractivity contribution in [1.29, 1.82) is 0 Å². The predicted molar refractivity (Wildman–Crippen MR) is 129 cm³/mol. The summed E-state index contributed by atoms with van der Waals surface area (Å²) in [5.41, 5.74) is 1.62. The normalized spacial score (nSPS) is 18.3. The molecule has 0 radical (unpaired) electrons. The number of aromatic nitrogens is 3. The summed E-state index contributed by atoms with van der Waals surface area (Å²) in [4.78, 5) is 34.2. The van der Waals surface area contributed by atoms with E-state index in [4.69, 9.17) is 21.1 Å². The first-order valence-corrected chi connectivity index (χ1v) is 11.6. The number of carbonyl (C=O) groups is 1. The Morgan fingerprint density at radius 1 is 1.38 bits per heavy atom. The molecule has 2 aromatic heterocycles. The monoisotopic (exact) mass is 486 g/mol. The van der Waals surface area contributed by atoms with Crippen molar-refractivity contribution < 1.29 is 19.4 Å². The Morgan fingerprint density at radius 2 is 2.18 bits per heavy atom. The molecule has 1 aliphatic heterocycles. The molecule has 4 rings (SSSR count). The van der Waals surface area contributed by atoms with Crippen LogP contribution in [0.4, 0.5) is 5.95 Å². The van der Waals surface area contributed by atoms with Crippen LogP contribution in [0.2, 0.25) is 5.02 Å². The van der Waals surface area contributed by atoms with Crippen molar-refractivity contribution in [2.24, 2.45) is 0 Å². The standard InChI is InChI=1S/C24H27ClN4O5/c1-4-34-23(32)19-10-20(30)15-6-5-14(9-18(15)29(19)13(2)3)22-16(25)11-26-24(28-22)27-17-7-8-33-12-21(17)31/h5-6,9-11,13,17,21,31H,4,7-8,12H2,1-3H3,(H,26,27,28)/t17-,21-/m1/s1. The summed E-state index contributed by atoms with van der Waals surface area (Å²) < 4.78 is 12.2. The molecule has 0 amide bonds. The Bertz CT molecular complexity index is 1280. The van der Waals surface area contributed by atoms with Crippen molar-refractivity contribution in [3.05, 3.63) is 51.4 Å². The second-order valence-corrected chi connectivity index (χ2v) is 8.79. The van der Waals surface area contributed by atoms with Crippen LogP contribution in [0.1, 0.15) is 43.7 Å². The number of aliphatic hydroxyl groups excluding tert-OH is 1. The predicted octanol–water partition coefficient (Wildman–Crippen LogP) is 3.43. The first-order valence-electron chi connectivity index (χ1n) is 11.2. The summed E-state index contributed by atoms with van der Waals surface area (Å²) in [5, 5.41) is 14.1. The first kappa shape index (κ1) is 24.1. The van der Waals surface area contributed by atoms with E-state index in [9.17, 15) is 14.7 Å². The number of ether oxygens (including phenoxy) is 2.